The van der Waals surface area contributed by atoms with E-state index in [9.17, 15) is 0 Å². The lowest BCUT2D eigenvalue weighted by Gasteiger charge is -2.39. The van der Waals surface area contributed by atoms with Gasteiger partial charge in [-0.15, -0.1) is 0 Å². The Hall–Kier alpha value is -1.26. The number of hydrogen-bond acceptors (Lipinski definition) is 4. The Balaban J connectivity index is 1.61. The van der Waals surface area contributed by atoms with Crippen molar-refractivity contribution >= 4 is 0 Å². The van der Waals surface area contributed by atoms with Crippen LogP contribution in [0.5, 0.6) is 11.5 Å². The molecular formula is C18H28N2O2. The summed E-state index contributed by atoms with van der Waals surface area (Å²) in [7, 11) is 3.40. The Kier molecular flexibility index (Phi) is 5.21. The number of rotatable bonds is 4. The van der Waals surface area contributed by atoms with Crippen molar-refractivity contribution in [3.63, 3.8) is 0 Å². The van der Waals surface area contributed by atoms with Gasteiger partial charge in [-0.2, -0.15) is 0 Å². The third-order valence-corrected chi connectivity index (χ3v) is 5.24. The van der Waals surface area contributed by atoms with Crippen molar-refractivity contribution in [2.75, 3.05) is 40.4 Å². The smallest absolute Gasteiger partial charge is 0.160 e. The second-order valence-corrected chi connectivity index (χ2v) is 6.41. The Morgan fingerprint density at radius 2 is 1.64 bits per heavy atom. The molecule has 1 aromatic rings. The van der Waals surface area contributed by atoms with E-state index in [1.54, 1.807) is 14.2 Å². The third kappa shape index (κ3) is 3.39. The highest BCUT2D eigenvalue weighted by molar-refractivity contribution is 5.44. The molecule has 122 valence electrons. The first-order chi connectivity index (χ1) is 10.8. The summed E-state index contributed by atoms with van der Waals surface area (Å²) < 4.78 is 10.8. The van der Waals surface area contributed by atoms with Crippen molar-refractivity contribution < 1.29 is 9.47 Å². The molecule has 0 spiro atoms. The minimum atomic E-state index is 0.666. The molecule has 0 radical (unpaired) electrons. The number of nitrogens with zero attached hydrogens (tertiary/aromatic N) is 1. The highest BCUT2D eigenvalue weighted by atomic mass is 16.5. The summed E-state index contributed by atoms with van der Waals surface area (Å²) in [4.78, 5) is 2.68. The zero-order valence-corrected chi connectivity index (χ0v) is 13.8. The van der Waals surface area contributed by atoms with Gasteiger partial charge >= 0.3 is 0 Å². The predicted molar refractivity (Wildman–Crippen MR) is 89.0 cm³/mol. The van der Waals surface area contributed by atoms with Gasteiger partial charge in [-0.05, 0) is 49.3 Å². The van der Waals surface area contributed by atoms with Crippen LogP contribution in [0.1, 0.15) is 37.2 Å². The fraction of sp³-hybridized carbons (Fsp3) is 0.667. The molecule has 0 aromatic heterocycles. The van der Waals surface area contributed by atoms with Crippen molar-refractivity contribution in [2.24, 2.45) is 0 Å². The van der Waals surface area contributed by atoms with Crippen molar-refractivity contribution in [2.45, 2.75) is 37.6 Å². The highest BCUT2D eigenvalue weighted by Gasteiger charge is 2.27. The number of ether oxygens (including phenoxy) is 2. The lowest BCUT2D eigenvalue weighted by Crippen LogP contribution is -2.49. The Morgan fingerprint density at radius 3 is 2.27 bits per heavy atom. The van der Waals surface area contributed by atoms with Crippen molar-refractivity contribution in [1.29, 1.82) is 0 Å². The van der Waals surface area contributed by atoms with Crippen molar-refractivity contribution in [3.8, 4) is 11.5 Å². The molecule has 1 saturated carbocycles. The monoisotopic (exact) mass is 304 g/mol. The average Bonchev–Trinajstić information content (AvgIpc) is 2.62. The lowest BCUT2D eigenvalue weighted by molar-refractivity contribution is 0.133. The first-order valence-electron chi connectivity index (χ1n) is 8.48. The van der Waals surface area contributed by atoms with Crippen LogP contribution in [-0.2, 0) is 0 Å². The summed E-state index contributed by atoms with van der Waals surface area (Å²) in [6.45, 7) is 4.72. The molecule has 4 nitrogen and oxygen atoms in total. The normalized spacial score (nSPS) is 26.6. The summed E-state index contributed by atoms with van der Waals surface area (Å²) >= 11 is 0. The Labute approximate surface area is 133 Å². The number of hydrogen-bond donors (Lipinski definition) is 1. The van der Waals surface area contributed by atoms with E-state index in [2.05, 4.69) is 22.3 Å². The highest BCUT2D eigenvalue weighted by Crippen LogP contribution is 2.38. The molecule has 1 aromatic carbocycles. The summed E-state index contributed by atoms with van der Waals surface area (Å²) in [5, 5.41) is 3.44. The Morgan fingerprint density at radius 1 is 0.955 bits per heavy atom. The van der Waals surface area contributed by atoms with E-state index in [0.29, 0.717) is 5.92 Å². The molecule has 2 aliphatic rings. The van der Waals surface area contributed by atoms with Gasteiger partial charge in [0.15, 0.2) is 11.5 Å². The molecule has 22 heavy (non-hydrogen) atoms. The van der Waals surface area contributed by atoms with E-state index < -0.39 is 0 Å². The van der Waals surface area contributed by atoms with Crippen LogP contribution in [0, 0.1) is 0 Å². The summed E-state index contributed by atoms with van der Waals surface area (Å²) in [6, 6.07) is 7.20. The van der Waals surface area contributed by atoms with Crippen LogP contribution in [0.15, 0.2) is 18.2 Å². The van der Waals surface area contributed by atoms with Gasteiger partial charge in [0.1, 0.15) is 0 Å². The van der Waals surface area contributed by atoms with E-state index in [1.807, 2.05) is 6.07 Å². The van der Waals surface area contributed by atoms with E-state index >= 15 is 0 Å². The molecule has 0 bridgehead atoms. The van der Waals surface area contributed by atoms with Gasteiger partial charge in [0.2, 0.25) is 0 Å². The van der Waals surface area contributed by atoms with Crippen LogP contribution in [0.2, 0.25) is 0 Å². The number of nitrogens with one attached hydrogen (secondary N) is 1. The quantitative estimate of drug-likeness (QED) is 0.927. The molecule has 1 N–H and O–H groups in total. The van der Waals surface area contributed by atoms with Gasteiger partial charge in [-0.1, -0.05) is 6.07 Å². The first-order valence-corrected chi connectivity index (χ1v) is 8.48. The van der Waals surface area contributed by atoms with Crippen molar-refractivity contribution in [1.82, 2.24) is 10.2 Å². The minimum absolute atomic E-state index is 0.666. The maximum Gasteiger partial charge on any atom is 0.160 e. The molecular weight excluding hydrogens is 276 g/mol. The molecule has 4 heteroatoms. The van der Waals surface area contributed by atoms with Gasteiger partial charge in [0, 0.05) is 32.2 Å². The maximum absolute atomic E-state index is 5.44. The number of methoxy groups -OCH3 is 2. The molecule has 0 amide bonds. The van der Waals surface area contributed by atoms with Crippen LogP contribution in [0.3, 0.4) is 0 Å². The van der Waals surface area contributed by atoms with E-state index in [0.717, 1.165) is 30.6 Å². The van der Waals surface area contributed by atoms with Crippen LogP contribution >= 0.6 is 0 Å². The van der Waals surface area contributed by atoms with Crippen LogP contribution in [0.25, 0.3) is 0 Å². The van der Waals surface area contributed by atoms with Gasteiger partial charge in [0.25, 0.3) is 0 Å². The van der Waals surface area contributed by atoms with Gasteiger partial charge in [0.05, 0.1) is 14.2 Å². The van der Waals surface area contributed by atoms with E-state index in [-0.39, 0.29) is 0 Å². The molecule has 3 rings (SSSR count). The van der Waals surface area contributed by atoms with Crippen LogP contribution in [-0.4, -0.2) is 51.3 Å². The van der Waals surface area contributed by atoms with Gasteiger partial charge in [-0.3, -0.25) is 4.90 Å². The fourth-order valence-electron chi connectivity index (χ4n) is 3.93. The molecule has 0 unspecified atom stereocenters. The van der Waals surface area contributed by atoms with Crippen molar-refractivity contribution in [3.05, 3.63) is 23.8 Å². The van der Waals surface area contributed by atoms with E-state index in [1.165, 1.54) is 44.3 Å². The lowest BCUT2D eigenvalue weighted by atomic mass is 9.81. The molecule has 0 atom stereocenters. The molecule has 2 fully saturated rings. The van der Waals surface area contributed by atoms with Gasteiger partial charge in [-0.25, -0.2) is 0 Å². The molecule has 1 aliphatic carbocycles. The minimum Gasteiger partial charge on any atom is -0.493 e. The standard InChI is InChI=1S/C18H28N2O2/c1-21-17-8-5-15(13-18(17)22-2)14-3-6-16(7-4-14)20-11-9-19-10-12-20/h5,8,13-14,16,19H,3-4,6-7,9-12H2,1-2H3. The molecule has 1 saturated heterocycles. The molecule has 1 heterocycles. The predicted octanol–water partition coefficient (Wildman–Crippen LogP) is 2.64. The topological polar surface area (TPSA) is 33.7 Å². The SMILES string of the molecule is COc1ccc(C2CCC(N3CCNCC3)CC2)cc1OC. The fourth-order valence-corrected chi connectivity index (χ4v) is 3.93. The second-order valence-electron chi connectivity index (χ2n) is 6.41. The Bertz CT molecular complexity index is 478. The number of benzene rings is 1. The van der Waals surface area contributed by atoms with Crippen LogP contribution in [0.4, 0.5) is 0 Å². The van der Waals surface area contributed by atoms with E-state index in [4.69, 9.17) is 9.47 Å². The summed E-state index contributed by atoms with van der Waals surface area (Å²) in [6.07, 6.45) is 5.20. The zero-order valence-electron chi connectivity index (χ0n) is 13.8. The van der Waals surface area contributed by atoms with Gasteiger partial charge < -0.3 is 14.8 Å². The summed E-state index contributed by atoms with van der Waals surface area (Å²) in [5.74, 6) is 2.34. The average molecular weight is 304 g/mol. The van der Waals surface area contributed by atoms with Crippen LogP contribution < -0.4 is 14.8 Å². The molecule has 1 aliphatic heterocycles. The second kappa shape index (κ2) is 7.34. The summed E-state index contributed by atoms with van der Waals surface area (Å²) in [5.41, 5.74) is 1.40. The largest absolute Gasteiger partial charge is 0.493 e. The third-order valence-electron chi connectivity index (χ3n) is 5.24. The maximum atomic E-state index is 5.44. The number of piperazine rings is 1. The zero-order chi connectivity index (χ0) is 15.4. The first kappa shape index (κ1) is 15.6.